The lowest BCUT2D eigenvalue weighted by molar-refractivity contribution is -0.123. The van der Waals surface area contributed by atoms with E-state index in [1.807, 2.05) is 0 Å². The van der Waals surface area contributed by atoms with Crippen LogP contribution in [0.3, 0.4) is 0 Å². The van der Waals surface area contributed by atoms with Crippen LogP contribution in [0.25, 0.3) is 0 Å². The summed E-state index contributed by atoms with van der Waals surface area (Å²) in [4.78, 5) is 38.3. The Kier molecular flexibility index (Phi) is 4.30. The third-order valence-electron chi connectivity index (χ3n) is 4.34. The van der Waals surface area contributed by atoms with Gasteiger partial charge < -0.3 is 5.32 Å². The summed E-state index contributed by atoms with van der Waals surface area (Å²) in [5.41, 5.74) is 0.330. The highest BCUT2D eigenvalue weighted by Gasteiger charge is 2.55. The quantitative estimate of drug-likeness (QED) is 0.814. The minimum Gasteiger partial charge on any atom is -0.324 e. The van der Waals surface area contributed by atoms with Gasteiger partial charge in [0, 0.05) is 5.69 Å². The number of rotatable bonds is 4. The number of amides is 3. The van der Waals surface area contributed by atoms with Crippen molar-refractivity contribution in [3.8, 4) is 0 Å². The molecular formula is C18H13F2N5O3. The summed E-state index contributed by atoms with van der Waals surface area (Å²) >= 11 is 0. The smallest absolute Gasteiger partial charge is 0.263 e. The van der Waals surface area contributed by atoms with Crippen LogP contribution < -0.4 is 10.2 Å². The molecule has 10 heteroatoms. The molecular weight excluding hydrogens is 372 g/mol. The van der Waals surface area contributed by atoms with Gasteiger partial charge in [-0.1, -0.05) is 17.4 Å². The first-order valence-electron chi connectivity index (χ1n) is 8.30. The molecule has 142 valence electrons. The normalized spacial score (nSPS) is 20.6. The highest BCUT2D eigenvalue weighted by atomic mass is 19.1. The van der Waals surface area contributed by atoms with Crippen LogP contribution >= 0.6 is 0 Å². The molecule has 2 aliphatic rings. The Labute approximate surface area is 157 Å². The second-order valence-corrected chi connectivity index (χ2v) is 6.24. The number of carbonyl (C=O) groups is 3. The van der Waals surface area contributed by atoms with Gasteiger partial charge in [0.15, 0.2) is 12.1 Å². The van der Waals surface area contributed by atoms with Crippen molar-refractivity contribution in [2.45, 2.75) is 12.1 Å². The summed E-state index contributed by atoms with van der Waals surface area (Å²) in [7, 11) is 0. The van der Waals surface area contributed by atoms with Gasteiger partial charge in [0.05, 0.1) is 5.69 Å². The van der Waals surface area contributed by atoms with E-state index in [2.05, 4.69) is 15.7 Å². The van der Waals surface area contributed by atoms with Gasteiger partial charge in [-0.3, -0.25) is 19.4 Å². The lowest BCUT2D eigenvalue weighted by atomic mass is 10.1. The molecule has 2 aromatic carbocycles. The van der Waals surface area contributed by atoms with E-state index in [0.29, 0.717) is 0 Å². The summed E-state index contributed by atoms with van der Waals surface area (Å²) in [5.74, 6) is -2.96. The molecule has 3 amide bonds. The SMILES string of the molecule is O=C(CN1N=NC2C(=O)N(c3cccc(F)c3)C(=O)C21)Nc1cccc(F)c1. The topological polar surface area (TPSA) is 94.4 Å². The van der Waals surface area contributed by atoms with E-state index in [9.17, 15) is 23.2 Å². The predicted octanol–water partition coefficient (Wildman–Crippen LogP) is 1.90. The molecule has 1 fully saturated rings. The van der Waals surface area contributed by atoms with Gasteiger partial charge in [-0.05, 0) is 36.4 Å². The molecule has 1 saturated heterocycles. The number of nitrogens with zero attached hydrogens (tertiary/aromatic N) is 4. The fraction of sp³-hybridized carbons (Fsp3) is 0.167. The minimum absolute atomic E-state index is 0.0868. The average molecular weight is 385 g/mol. The second kappa shape index (κ2) is 6.80. The average Bonchev–Trinajstić information content (AvgIpc) is 3.15. The van der Waals surface area contributed by atoms with Crippen LogP contribution in [-0.4, -0.2) is 41.4 Å². The molecule has 1 N–H and O–H groups in total. The number of nitrogens with one attached hydrogen (secondary N) is 1. The molecule has 4 rings (SSSR count). The van der Waals surface area contributed by atoms with E-state index in [4.69, 9.17) is 0 Å². The molecule has 0 radical (unpaired) electrons. The van der Waals surface area contributed by atoms with Gasteiger partial charge >= 0.3 is 0 Å². The van der Waals surface area contributed by atoms with Crippen LogP contribution in [0.4, 0.5) is 20.2 Å². The highest BCUT2D eigenvalue weighted by Crippen LogP contribution is 2.31. The van der Waals surface area contributed by atoms with E-state index in [1.54, 1.807) is 0 Å². The van der Waals surface area contributed by atoms with Crippen molar-refractivity contribution in [2.75, 3.05) is 16.8 Å². The lowest BCUT2D eigenvalue weighted by Gasteiger charge is -2.20. The lowest BCUT2D eigenvalue weighted by Crippen LogP contribution is -2.43. The van der Waals surface area contributed by atoms with Crippen molar-refractivity contribution in [2.24, 2.45) is 10.3 Å². The van der Waals surface area contributed by atoms with Gasteiger partial charge in [-0.25, -0.2) is 13.7 Å². The van der Waals surface area contributed by atoms with Crippen molar-refractivity contribution in [3.63, 3.8) is 0 Å². The number of imide groups is 1. The Bertz CT molecular complexity index is 1010. The Morgan fingerprint density at radius 2 is 1.75 bits per heavy atom. The van der Waals surface area contributed by atoms with Crippen molar-refractivity contribution < 1.29 is 23.2 Å². The molecule has 2 aromatic rings. The maximum absolute atomic E-state index is 13.5. The summed E-state index contributed by atoms with van der Waals surface area (Å²) in [6, 6.07) is 8.20. The number of halogens is 2. The molecule has 2 aliphatic heterocycles. The zero-order valence-corrected chi connectivity index (χ0v) is 14.3. The molecule has 0 saturated carbocycles. The van der Waals surface area contributed by atoms with Gasteiger partial charge in [-0.15, -0.1) is 0 Å². The number of fused-ring (bicyclic) bond motifs is 1. The highest BCUT2D eigenvalue weighted by molar-refractivity contribution is 6.25. The van der Waals surface area contributed by atoms with Crippen LogP contribution in [0.15, 0.2) is 58.9 Å². The van der Waals surface area contributed by atoms with Crippen LogP contribution in [0.1, 0.15) is 0 Å². The largest absolute Gasteiger partial charge is 0.324 e. The standard InChI is InChI=1S/C18H13F2N5O3/c19-10-3-1-5-12(7-10)21-14(26)9-24-16-15(22-23-24)17(27)25(18(16)28)13-6-2-4-11(20)8-13/h1-8,15-16H,9H2,(H,21,26). The molecule has 28 heavy (non-hydrogen) atoms. The van der Waals surface area contributed by atoms with Crippen molar-refractivity contribution in [1.82, 2.24) is 5.01 Å². The van der Waals surface area contributed by atoms with Crippen LogP contribution in [-0.2, 0) is 14.4 Å². The Morgan fingerprint density at radius 3 is 2.46 bits per heavy atom. The van der Waals surface area contributed by atoms with Gasteiger partial charge in [0.1, 0.15) is 18.2 Å². The first-order valence-corrected chi connectivity index (χ1v) is 8.30. The number of anilines is 2. The predicted molar refractivity (Wildman–Crippen MR) is 93.1 cm³/mol. The molecule has 0 bridgehead atoms. The van der Waals surface area contributed by atoms with E-state index < -0.39 is 41.4 Å². The summed E-state index contributed by atoms with van der Waals surface area (Å²) in [6.45, 7) is -0.364. The maximum atomic E-state index is 13.5. The Morgan fingerprint density at radius 1 is 1.04 bits per heavy atom. The molecule has 0 spiro atoms. The van der Waals surface area contributed by atoms with Crippen molar-refractivity contribution in [3.05, 3.63) is 60.2 Å². The van der Waals surface area contributed by atoms with Gasteiger partial charge in [0.25, 0.3) is 11.8 Å². The van der Waals surface area contributed by atoms with E-state index in [1.165, 1.54) is 36.4 Å². The third-order valence-corrected chi connectivity index (χ3v) is 4.34. The first-order chi connectivity index (χ1) is 13.4. The van der Waals surface area contributed by atoms with Gasteiger partial charge in [0.2, 0.25) is 5.91 Å². The number of hydrogen-bond acceptors (Lipinski definition) is 6. The minimum atomic E-state index is -1.10. The molecule has 2 atom stereocenters. The van der Waals surface area contributed by atoms with Crippen LogP contribution in [0.2, 0.25) is 0 Å². The van der Waals surface area contributed by atoms with Crippen LogP contribution in [0, 0.1) is 11.6 Å². The number of hydrogen-bond donors (Lipinski definition) is 1. The molecule has 0 aliphatic carbocycles. The zero-order valence-electron chi connectivity index (χ0n) is 14.3. The number of carbonyl (C=O) groups excluding carboxylic acids is 3. The summed E-state index contributed by atoms with van der Waals surface area (Å²) in [6.07, 6.45) is 0. The van der Waals surface area contributed by atoms with Crippen LogP contribution in [0.5, 0.6) is 0 Å². The molecule has 0 aromatic heterocycles. The molecule has 2 unspecified atom stereocenters. The molecule has 2 heterocycles. The van der Waals surface area contributed by atoms with E-state index >= 15 is 0 Å². The maximum Gasteiger partial charge on any atom is 0.263 e. The Balaban J connectivity index is 1.49. The van der Waals surface area contributed by atoms with E-state index in [-0.39, 0.29) is 17.9 Å². The molecule has 8 nitrogen and oxygen atoms in total. The summed E-state index contributed by atoms with van der Waals surface area (Å²) in [5, 5.41) is 11.1. The zero-order chi connectivity index (χ0) is 19.8. The first kappa shape index (κ1) is 17.7. The number of benzene rings is 2. The van der Waals surface area contributed by atoms with Crippen molar-refractivity contribution >= 4 is 29.1 Å². The monoisotopic (exact) mass is 385 g/mol. The fourth-order valence-electron chi connectivity index (χ4n) is 3.14. The van der Waals surface area contributed by atoms with Gasteiger partial charge in [-0.2, -0.15) is 5.11 Å². The summed E-state index contributed by atoms with van der Waals surface area (Å²) < 4.78 is 26.7. The third kappa shape index (κ3) is 3.08. The van der Waals surface area contributed by atoms with Crippen molar-refractivity contribution in [1.29, 1.82) is 0 Å². The van der Waals surface area contributed by atoms with E-state index in [0.717, 1.165) is 22.0 Å². The Hall–Kier alpha value is -3.69. The second-order valence-electron chi connectivity index (χ2n) is 6.24. The fourth-order valence-corrected chi connectivity index (χ4v) is 3.14.